The molecular formula is C29H42F3N5O4. The van der Waals surface area contributed by atoms with E-state index in [2.05, 4.69) is 10.3 Å². The van der Waals surface area contributed by atoms with Gasteiger partial charge >= 0.3 is 6.09 Å². The van der Waals surface area contributed by atoms with Gasteiger partial charge in [0.1, 0.15) is 17.1 Å². The summed E-state index contributed by atoms with van der Waals surface area (Å²) in [5, 5.41) is 8.33. The smallest absolute Gasteiger partial charge is 0.410 e. The molecule has 0 bridgehead atoms. The molecule has 1 aromatic heterocycles. The van der Waals surface area contributed by atoms with Gasteiger partial charge in [0.05, 0.1) is 11.7 Å². The van der Waals surface area contributed by atoms with E-state index in [-0.39, 0.29) is 43.4 Å². The number of unbranched alkanes of at least 4 members (excludes halogenated alkanes) is 1. The molecule has 0 unspecified atom stereocenters. The Hall–Kier alpha value is -3.15. The molecule has 2 heterocycles. The summed E-state index contributed by atoms with van der Waals surface area (Å²) in [7, 11) is 1.60. The Kier molecular flexibility index (Phi) is 11.2. The average Bonchev–Trinajstić information content (AvgIpc) is 3.31. The second-order valence-corrected chi connectivity index (χ2v) is 11.9. The van der Waals surface area contributed by atoms with Gasteiger partial charge in [0.25, 0.3) is 5.91 Å². The third-order valence-electron chi connectivity index (χ3n) is 6.79. The van der Waals surface area contributed by atoms with Crippen molar-refractivity contribution in [1.82, 2.24) is 24.8 Å². The Balaban J connectivity index is 2.00. The van der Waals surface area contributed by atoms with E-state index in [4.69, 9.17) is 9.47 Å². The molecule has 1 fully saturated rings. The number of alkyl halides is 2. The maximum absolute atomic E-state index is 14.8. The largest absolute Gasteiger partial charge is 0.444 e. The normalized spacial score (nSPS) is 17.8. The van der Waals surface area contributed by atoms with Gasteiger partial charge in [0, 0.05) is 39.3 Å². The van der Waals surface area contributed by atoms with Crippen molar-refractivity contribution in [3.8, 4) is 5.69 Å². The van der Waals surface area contributed by atoms with Gasteiger partial charge in [-0.2, -0.15) is 0 Å². The van der Waals surface area contributed by atoms with E-state index in [1.54, 1.807) is 46.1 Å². The predicted octanol–water partition coefficient (Wildman–Crippen LogP) is 5.36. The van der Waals surface area contributed by atoms with Gasteiger partial charge in [0.2, 0.25) is 6.43 Å². The lowest BCUT2D eigenvalue weighted by Crippen LogP contribution is -2.56. The number of carbonyl (C=O) groups excluding carboxylic acids is 2. The third kappa shape index (κ3) is 8.67. The van der Waals surface area contributed by atoms with Crippen molar-refractivity contribution in [2.75, 3.05) is 33.4 Å². The Morgan fingerprint density at radius 1 is 1.15 bits per heavy atom. The highest BCUT2D eigenvalue weighted by molar-refractivity contribution is 5.93. The molecule has 1 aliphatic rings. The van der Waals surface area contributed by atoms with Gasteiger partial charge in [-0.25, -0.2) is 22.6 Å². The van der Waals surface area contributed by atoms with Crippen LogP contribution in [0.1, 0.15) is 70.1 Å². The van der Waals surface area contributed by atoms with Gasteiger partial charge in [-0.05, 0) is 64.5 Å². The van der Waals surface area contributed by atoms with Crippen LogP contribution >= 0.6 is 0 Å². The summed E-state index contributed by atoms with van der Waals surface area (Å²) in [6.45, 7) is 9.60. The summed E-state index contributed by atoms with van der Waals surface area (Å²) in [6, 6.07) is 5.37. The van der Waals surface area contributed by atoms with E-state index in [1.165, 1.54) is 20.5 Å². The molecule has 2 aromatic rings. The average molecular weight is 582 g/mol. The number of carbonyl (C=O) groups is 2. The number of likely N-dealkylation sites (tertiary alicyclic amines) is 1. The van der Waals surface area contributed by atoms with Crippen molar-refractivity contribution >= 4 is 12.0 Å². The fourth-order valence-electron chi connectivity index (χ4n) is 4.97. The maximum Gasteiger partial charge on any atom is 0.410 e. The van der Waals surface area contributed by atoms with Crippen LogP contribution in [-0.4, -0.2) is 88.2 Å². The molecule has 2 atom stereocenters. The molecule has 0 saturated carbocycles. The number of piperidine rings is 1. The Bertz CT molecular complexity index is 1170. The first-order valence-electron chi connectivity index (χ1n) is 14.1. The number of hydrogen-bond acceptors (Lipinski definition) is 6. The van der Waals surface area contributed by atoms with E-state index in [0.717, 1.165) is 0 Å². The number of para-hydroxylation sites is 1. The van der Waals surface area contributed by atoms with Crippen molar-refractivity contribution in [1.29, 1.82) is 0 Å². The van der Waals surface area contributed by atoms with Gasteiger partial charge < -0.3 is 19.3 Å². The first-order chi connectivity index (χ1) is 19.3. The number of hydrogen-bond donors (Lipinski definition) is 0. The highest BCUT2D eigenvalue weighted by Gasteiger charge is 2.41. The number of nitrogens with zero attached hydrogens (tertiary/aromatic N) is 5. The second kappa shape index (κ2) is 14.2. The molecule has 0 N–H and O–H groups in total. The Morgan fingerprint density at radius 2 is 1.85 bits per heavy atom. The molecule has 2 amide bonds. The van der Waals surface area contributed by atoms with Crippen LogP contribution in [0.3, 0.4) is 0 Å². The van der Waals surface area contributed by atoms with Gasteiger partial charge in [0.15, 0.2) is 5.69 Å². The van der Waals surface area contributed by atoms with Crippen LogP contribution in [0.25, 0.3) is 5.69 Å². The number of benzene rings is 1. The van der Waals surface area contributed by atoms with Crippen LogP contribution in [0.2, 0.25) is 0 Å². The number of aromatic nitrogens is 3. The molecule has 1 saturated heterocycles. The van der Waals surface area contributed by atoms with Crippen molar-refractivity contribution < 1.29 is 32.2 Å². The molecule has 0 radical (unpaired) electrons. The zero-order chi connectivity index (χ0) is 30.3. The summed E-state index contributed by atoms with van der Waals surface area (Å²) in [5.41, 5.74) is -0.187. The van der Waals surface area contributed by atoms with E-state index in [0.29, 0.717) is 31.6 Å². The lowest BCUT2D eigenvalue weighted by Gasteiger charge is -2.43. The maximum atomic E-state index is 14.8. The molecule has 0 spiro atoms. The quantitative estimate of drug-likeness (QED) is 0.332. The molecule has 3 rings (SSSR count). The van der Waals surface area contributed by atoms with Crippen LogP contribution < -0.4 is 0 Å². The summed E-state index contributed by atoms with van der Waals surface area (Å²) < 4.78 is 54.8. The first kappa shape index (κ1) is 32.4. The van der Waals surface area contributed by atoms with E-state index in [9.17, 15) is 22.8 Å². The highest BCUT2D eigenvalue weighted by atomic mass is 19.3. The number of methoxy groups -OCH3 is 1. The summed E-state index contributed by atoms with van der Waals surface area (Å²) >= 11 is 0. The minimum atomic E-state index is -2.68. The molecule has 41 heavy (non-hydrogen) atoms. The van der Waals surface area contributed by atoms with Crippen LogP contribution in [0.15, 0.2) is 24.3 Å². The van der Waals surface area contributed by atoms with Crippen LogP contribution in [-0.2, 0) is 15.9 Å². The monoisotopic (exact) mass is 581 g/mol. The van der Waals surface area contributed by atoms with Gasteiger partial charge in [-0.15, -0.1) is 5.10 Å². The van der Waals surface area contributed by atoms with Crippen LogP contribution in [0.4, 0.5) is 18.0 Å². The molecule has 1 aliphatic heterocycles. The first-order valence-corrected chi connectivity index (χ1v) is 14.1. The molecule has 9 nitrogen and oxygen atoms in total. The van der Waals surface area contributed by atoms with Crippen LogP contribution in [0.5, 0.6) is 0 Å². The number of amides is 2. The van der Waals surface area contributed by atoms with Gasteiger partial charge in [-0.1, -0.05) is 31.2 Å². The third-order valence-corrected chi connectivity index (χ3v) is 6.79. The van der Waals surface area contributed by atoms with Crippen molar-refractivity contribution in [2.45, 2.75) is 78.4 Å². The lowest BCUT2D eigenvalue weighted by molar-refractivity contribution is -0.0260. The van der Waals surface area contributed by atoms with Crippen molar-refractivity contribution in [3.05, 3.63) is 41.5 Å². The van der Waals surface area contributed by atoms with Crippen molar-refractivity contribution in [3.63, 3.8) is 0 Å². The summed E-state index contributed by atoms with van der Waals surface area (Å²) in [4.78, 5) is 29.9. The summed E-state index contributed by atoms with van der Waals surface area (Å²) in [5.74, 6) is -2.15. The Labute approximate surface area is 240 Å². The standard InChI is InChI=1S/C29H42F3N5O4/c1-19(2)16-36(21-15-20(26(31)32)17-35(18-21)28(39)41-29(3,4)5)27(38)25-24(13-9-10-14-40-6)37(34-33-25)23-12-8-7-11-22(23)30/h7-8,11-12,19-21,26H,9-10,13-18H2,1-6H3/t20-,21+/m1/s1. The molecule has 12 heteroatoms. The summed E-state index contributed by atoms with van der Waals surface area (Å²) in [6.07, 6.45) is -1.67. The van der Waals surface area contributed by atoms with Crippen LogP contribution in [0, 0.1) is 17.7 Å². The van der Waals surface area contributed by atoms with E-state index in [1.807, 2.05) is 13.8 Å². The Morgan fingerprint density at radius 3 is 2.46 bits per heavy atom. The second-order valence-electron chi connectivity index (χ2n) is 11.9. The molecule has 0 aliphatic carbocycles. The molecular weight excluding hydrogens is 539 g/mol. The minimum absolute atomic E-state index is 0.00683. The number of ether oxygens (including phenoxy) is 2. The topological polar surface area (TPSA) is 89.8 Å². The van der Waals surface area contributed by atoms with Gasteiger partial charge in [-0.3, -0.25) is 4.79 Å². The minimum Gasteiger partial charge on any atom is -0.444 e. The number of halogens is 3. The highest BCUT2D eigenvalue weighted by Crippen LogP contribution is 2.29. The molecule has 228 valence electrons. The van der Waals surface area contributed by atoms with E-state index >= 15 is 0 Å². The SMILES string of the molecule is COCCCCc1c(C(=O)N(CC(C)C)[C@H]2C[C@@H](C(F)F)CN(C(=O)OC(C)(C)C)C2)nnn1-c1ccccc1F. The zero-order valence-corrected chi connectivity index (χ0v) is 24.8. The fraction of sp³-hybridized carbons (Fsp3) is 0.655. The molecule has 1 aromatic carbocycles. The zero-order valence-electron chi connectivity index (χ0n) is 24.8. The number of rotatable bonds is 11. The predicted molar refractivity (Wildman–Crippen MR) is 148 cm³/mol. The lowest BCUT2D eigenvalue weighted by atomic mass is 9.92. The van der Waals surface area contributed by atoms with Crippen molar-refractivity contribution in [2.24, 2.45) is 11.8 Å². The fourth-order valence-corrected chi connectivity index (χ4v) is 4.97. The van der Waals surface area contributed by atoms with E-state index < -0.39 is 41.8 Å².